The molecule has 0 fully saturated rings. The van der Waals surface area contributed by atoms with Crippen molar-refractivity contribution in [3.05, 3.63) is 139 Å². The molecule has 0 bridgehead atoms. The maximum atomic E-state index is 6.83. The molecular formula is C39H28N2O. The molecule has 0 aliphatic carbocycles. The minimum atomic E-state index is -0.503. The summed E-state index contributed by atoms with van der Waals surface area (Å²) < 4.78 is 11.6. The van der Waals surface area contributed by atoms with Gasteiger partial charge in [0, 0.05) is 50.1 Å². The van der Waals surface area contributed by atoms with Gasteiger partial charge in [-0.15, -0.1) is 0 Å². The lowest BCUT2D eigenvalue weighted by Gasteiger charge is -2.35. The van der Waals surface area contributed by atoms with Crippen LogP contribution < -0.4 is 4.74 Å². The van der Waals surface area contributed by atoms with E-state index in [0.717, 1.165) is 22.7 Å². The van der Waals surface area contributed by atoms with E-state index < -0.39 is 5.60 Å². The zero-order valence-corrected chi connectivity index (χ0v) is 23.5. The summed E-state index contributed by atoms with van der Waals surface area (Å²) in [4.78, 5) is 0. The normalized spacial score (nSPS) is 13.9. The molecule has 0 amide bonds. The standard InChI is InChI=1S/C39H28N2O/c1-39(2)33-23-25(40-34-15-7-3-11-28(34)29-12-4-8-16-35(29)40)19-21-27(33)32-22-20-26(24-38(32)42-39)41-36-17-9-5-13-30(36)31-14-6-10-18-37(31)41/h3-24H,1-2H3. The lowest BCUT2D eigenvalue weighted by molar-refractivity contribution is 0.106. The smallest absolute Gasteiger partial charge is 0.130 e. The maximum absolute atomic E-state index is 6.83. The van der Waals surface area contributed by atoms with E-state index in [1.54, 1.807) is 0 Å². The molecule has 0 saturated heterocycles. The van der Waals surface area contributed by atoms with Crippen LogP contribution in [-0.4, -0.2) is 9.13 Å². The maximum Gasteiger partial charge on any atom is 0.130 e. The average molecular weight is 541 g/mol. The number of rotatable bonds is 2. The van der Waals surface area contributed by atoms with Crippen LogP contribution >= 0.6 is 0 Å². The number of para-hydroxylation sites is 4. The van der Waals surface area contributed by atoms with Crippen molar-refractivity contribution in [3.8, 4) is 28.3 Å². The summed E-state index contributed by atoms with van der Waals surface area (Å²) in [5.41, 5.74) is 10.1. The molecule has 0 spiro atoms. The number of fused-ring (bicyclic) bond motifs is 9. The first-order valence-electron chi connectivity index (χ1n) is 14.5. The molecule has 1 aliphatic heterocycles. The Hall–Kier alpha value is -5.28. The Morgan fingerprint density at radius 3 is 1.33 bits per heavy atom. The van der Waals surface area contributed by atoms with E-state index in [2.05, 4.69) is 156 Å². The molecule has 9 rings (SSSR count). The second kappa shape index (κ2) is 8.37. The molecule has 0 saturated carbocycles. The van der Waals surface area contributed by atoms with E-state index >= 15 is 0 Å². The largest absolute Gasteiger partial charge is 0.482 e. The van der Waals surface area contributed by atoms with E-state index in [0.29, 0.717) is 0 Å². The number of ether oxygens (including phenoxy) is 1. The molecule has 3 nitrogen and oxygen atoms in total. The summed E-state index contributed by atoms with van der Waals surface area (Å²) in [5, 5.41) is 5.05. The minimum Gasteiger partial charge on any atom is -0.482 e. The van der Waals surface area contributed by atoms with Crippen LogP contribution in [0.3, 0.4) is 0 Å². The number of hydrogen-bond acceptors (Lipinski definition) is 1. The molecule has 0 unspecified atom stereocenters. The summed E-state index contributed by atoms with van der Waals surface area (Å²) in [6.45, 7) is 4.36. The molecule has 0 N–H and O–H groups in total. The van der Waals surface area contributed by atoms with Gasteiger partial charge in [0.05, 0.1) is 22.1 Å². The van der Waals surface area contributed by atoms with Crippen LogP contribution in [0.1, 0.15) is 19.4 Å². The monoisotopic (exact) mass is 540 g/mol. The lowest BCUT2D eigenvalue weighted by Crippen LogP contribution is -2.29. The van der Waals surface area contributed by atoms with E-state index in [9.17, 15) is 0 Å². The van der Waals surface area contributed by atoms with Gasteiger partial charge in [-0.25, -0.2) is 0 Å². The SMILES string of the molecule is CC1(C)Oc2cc(-n3c4ccccc4c4ccccc43)ccc2-c2ccc(-n3c4ccccc4c4ccccc43)cc21. The van der Waals surface area contributed by atoms with Crippen molar-refractivity contribution >= 4 is 43.6 Å². The van der Waals surface area contributed by atoms with E-state index in [4.69, 9.17) is 4.74 Å². The fraction of sp³-hybridized carbons (Fsp3) is 0.0769. The van der Waals surface area contributed by atoms with Crippen molar-refractivity contribution in [2.24, 2.45) is 0 Å². The summed E-state index contributed by atoms with van der Waals surface area (Å²) >= 11 is 0. The third-order valence-corrected chi connectivity index (χ3v) is 8.95. The lowest BCUT2D eigenvalue weighted by atomic mass is 9.85. The van der Waals surface area contributed by atoms with Crippen molar-refractivity contribution in [3.63, 3.8) is 0 Å². The quantitative estimate of drug-likeness (QED) is 0.213. The zero-order chi connectivity index (χ0) is 28.0. The van der Waals surface area contributed by atoms with Gasteiger partial charge >= 0.3 is 0 Å². The third kappa shape index (κ3) is 3.16. The van der Waals surface area contributed by atoms with Crippen LogP contribution in [0.4, 0.5) is 0 Å². The van der Waals surface area contributed by atoms with E-state index in [1.807, 2.05) is 0 Å². The van der Waals surface area contributed by atoms with E-state index in [1.165, 1.54) is 54.7 Å². The zero-order valence-electron chi connectivity index (χ0n) is 23.5. The van der Waals surface area contributed by atoms with Crippen LogP contribution in [0, 0.1) is 0 Å². The van der Waals surface area contributed by atoms with Gasteiger partial charge in [-0.05, 0) is 67.9 Å². The average Bonchev–Trinajstić information content (AvgIpc) is 3.54. The van der Waals surface area contributed by atoms with Gasteiger partial charge in [-0.2, -0.15) is 0 Å². The Morgan fingerprint density at radius 1 is 0.452 bits per heavy atom. The van der Waals surface area contributed by atoms with Crippen molar-refractivity contribution in [2.45, 2.75) is 19.4 Å². The summed E-state index contributed by atoms with van der Waals surface area (Å²) in [6, 6.07) is 48.1. The van der Waals surface area contributed by atoms with Gasteiger partial charge in [0.2, 0.25) is 0 Å². The molecule has 0 radical (unpaired) electrons. The molecule has 0 atom stereocenters. The van der Waals surface area contributed by atoms with Crippen LogP contribution in [-0.2, 0) is 5.60 Å². The first-order valence-corrected chi connectivity index (χ1v) is 14.5. The van der Waals surface area contributed by atoms with E-state index in [-0.39, 0.29) is 0 Å². The van der Waals surface area contributed by atoms with Crippen LogP contribution in [0.5, 0.6) is 5.75 Å². The predicted octanol–water partition coefficient (Wildman–Crippen LogP) is 10.2. The highest BCUT2D eigenvalue weighted by molar-refractivity contribution is 6.10. The fourth-order valence-corrected chi connectivity index (χ4v) is 7.09. The summed E-state index contributed by atoms with van der Waals surface area (Å²) in [7, 11) is 0. The number of nitrogens with zero attached hydrogens (tertiary/aromatic N) is 2. The van der Waals surface area contributed by atoms with Crippen molar-refractivity contribution in [1.29, 1.82) is 0 Å². The minimum absolute atomic E-state index is 0.503. The third-order valence-electron chi connectivity index (χ3n) is 8.95. The molecule has 200 valence electrons. The number of aromatic nitrogens is 2. The Kier molecular flexibility index (Phi) is 4.67. The van der Waals surface area contributed by atoms with Crippen LogP contribution in [0.2, 0.25) is 0 Å². The van der Waals surface area contributed by atoms with Crippen molar-refractivity contribution in [2.75, 3.05) is 0 Å². The van der Waals surface area contributed by atoms with Gasteiger partial charge in [-0.1, -0.05) is 78.9 Å². The second-order valence-corrected chi connectivity index (χ2v) is 11.8. The summed E-state index contributed by atoms with van der Waals surface area (Å²) in [5.74, 6) is 0.913. The fourth-order valence-electron chi connectivity index (χ4n) is 7.09. The Bertz CT molecular complexity index is 2260. The predicted molar refractivity (Wildman–Crippen MR) is 174 cm³/mol. The van der Waals surface area contributed by atoms with Crippen molar-refractivity contribution in [1.82, 2.24) is 9.13 Å². The number of hydrogen-bond donors (Lipinski definition) is 0. The van der Waals surface area contributed by atoms with Crippen LogP contribution in [0.25, 0.3) is 66.1 Å². The molecule has 1 aliphatic rings. The van der Waals surface area contributed by atoms with Gasteiger partial charge in [0.1, 0.15) is 11.4 Å². The topological polar surface area (TPSA) is 19.1 Å². The Balaban J connectivity index is 1.23. The Labute approximate surface area is 243 Å². The van der Waals surface area contributed by atoms with Crippen LogP contribution in [0.15, 0.2) is 133 Å². The first kappa shape index (κ1) is 23.4. The van der Waals surface area contributed by atoms with Gasteiger partial charge in [0.25, 0.3) is 0 Å². The van der Waals surface area contributed by atoms with Gasteiger partial charge < -0.3 is 13.9 Å². The molecular weight excluding hydrogens is 512 g/mol. The first-order chi connectivity index (χ1) is 20.6. The molecule has 3 heterocycles. The number of benzene rings is 6. The Morgan fingerprint density at radius 2 is 0.857 bits per heavy atom. The highest BCUT2D eigenvalue weighted by Gasteiger charge is 2.33. The molecule has 6 aromatic carbocycles. The molecule has 42 heavy (non-hydrogen) atoms. The molecule has 8 aromatic rings. The second-order valence-electron chi connectivity index (χ2n) is 11.8. The highest BCUT2D eigenvalue weighted by Crippen LogP contribution is 2.47. The molecule has 2 aromatic heterocycles. The molecule has 3 heteroatoms. The highest BCUT2D eigenvalue weighted by atomic mass is 16.5. The van der Waals surface area contributed by atoms with Gasteiger partial charge in [-0.3, -0.25) is 0 Å². The summed E-state index contributed by atoms with van der Waals surface area (Å²) in [6.07, 6.45) is 0. The van der Waals surface area contributed by atoms with Crippen molar-refractivity contribution < 1.29 is 4.74 Å². The van der Waals surface area contributed by atoms with Gasteiger partial charge in [0.15, 0.2) is 0 Å².